The standard InChI is InChI=1S/C12H14N4OS/c1-13-15-12(18)10-5-4-9(8-11(10)17-2)16-7-3-6-14-16/h3-8,13H,1-2H3,(H,15,18). The Kier molecular flexibility index (Phi) is 3.91. The summed E-state index contributed by atoms with van der Waals surface area (Å²) in [5.74, 6) is 0.704. The van der Waals surface area contributed by atoms with Crippen molar-refractivity contribution in [3.63, 3.8) is 0 Å². The molecule has 1 aromatic carbocycles. The summed E-state index contributed by atoms with van der Waals surface area (Å²) in [5, 5.41) is 4.17. The van der Waals surface area contributed by atoms with Crippen molar-refractivity contribution in [2.45, 2.75) is 0 Å². The van der Waals surface area contributed by atoms with Crippen molar-refractivity contribution in [1.82, 2.24) is 20.6 Å². The fraction of sp³-hybridized carbons (Fsp3) is 0.167. The van der Waals surface area contributed by atoms with E-state index in [1.807, 2.05) is 30.5 Å². The fourth-order valence-electron chi connectivity index (χ4n) is 1.61. The molecule has 94 valence electrons. The van der Waals surface area contributed by atoms with Crippen molar-refractivity contribution in [3.05, 3.63) is 42.2 Å². The van der Waals surface area contributed by atoms with Crippen molar-refractivity contribution in [1.29, 1.82) is 0 Å². The lowest BCUT2D eigenvalue weighted by molar-refractivity contribution is 0.413. The molecule has 0 saturated heterocycles. The van der Waals surface area contributed by atoms with Crippen LogP contribution in [0, 0.1) is 0 Å². The number of methoxy groups -OCH3 is 1. The van der Waals surface area contributed by atoms with Crippen molar-refractivity contribution in [2.24, 2.45) is 0 Å². The summed E-state index contributed by atoms with van der Waals surface area (Å²) in [6.45, 7) is 0. The first kappa shape index (κ1) is 12.5. The molecular weight excluding hydrogens is 248 g/mol. The number of hydrogen-bond acceptors (Lipinski definition) is 4. The van der Waals surface area contributed by atoms with Gasteiger partial charge in [0.25, 0.3) is 0 Å². The van der Waals surface area contributed by atoms with E-state index in [-0.39, 0.29) is 0 Å². The molecule has 0 aliphatic heterocycles. The number of ether oxygens (including phenoxy) is 1. The Labute approximate surface area is 111 Å². The van der Waals surface area contributed by atoms with Crippen LogP contribution in [0.5, 0.6) is 5.75 Å². The molecule has 0 fully saturated rings. The van der Waals surface area contributed by atoms with Gasteiger partial charge in [0.2, 0.25) is 0 Å². The van der Waals surface area contributed by atoms with Crippen LogP contribution in [0.2, 0.25) is 0 Å². The number of thiocarbonyl (C=S) groups is 1. The lowest BCUT2D eigenvalue weighted by Crippen LogP contribution is -2.33. The lowest BCUT2D eigenvalue weighted by Gasteiger charge is -2.12. The highest BCUT2D eigenvalue weighted by Gasteiger charge is 2.09. The van der Waals surface area contributed by atoms with E-state index < -0.39 is 0 Å². The molecule has 0 aliphatic carbocycles. The van der Waals surface area contributed by atoms with E-state index in [1.54, 1.807) is 25.0 Å². The highest BCUT2D eigenvalue weighted by Crippen LogP contribution is 2.22. The minimum absolute atomic E-state index is 0.585. The topological polar surface area (TPSA) is 51.1 Å². The van der Waals surface area contributed by atoms with Crippen molar-refractivity contribution >= 4 is 17.2 Å². The van der Waals surface area contributed by atoms with Gasteiger partial charge in [-0.2, -0.15) is 5.10 Å². The highest BCUT2D eigenvalue weighted by molar-refractivity contribution is 7.80. The maximum atomic E-state index is 5.36. The number of benzene rings is 1. The van der Waals surface area contributed by atoms with E-state index in [9.17, 15) is 0 Å². The van der Waals surface area contributed by atoms with Gasteiger partial charge in [0.1, 0.15) is 10.7 Å². The molecule has 0 bridgehead atoms. The number of rotatable bonds is 4. The Morgan fingerprint density at radius 1 is 1.44 bits per heavy atom. The van der Waals surface area contributed by atoms with Crippen LogP contribution in [0.25, 0.3) is 5.69 Å². The van der Waals surface area contributed by atoms with Gasteiger partial charge >= 0.3 is 0 Å². The molecule has 6 heteroatoms. The molecule has 0 aliphatic rings. The zero-order valence-electron chi connectivity index (χ0n) is 10.2. The average molecular weight is 262 g/mol. The Morgan fingerprint density at radius 2 is 2.28 bits per heavy atom. The zero-order chi connectivity index (χ0) is 13.0. The predicted molar refractivity (Wildman–Crippen MR) is 74.0 cm³/mol. The van der Waals surface area contributed by atoms with Crippen LogP contribution in [-0.4, -0.2) is 28.9 Å². The second kappa shape index (κ2) is 5.61. The van der Waals surface area contributed by atoms with Crippen LogP contribution < -0.4 is 15.6 Å². The fourth-order valence-corrected chi connectivity index (χ4v) is 1.88. The second-order valence-electron chi connectivity index (χ2n) is 3.54. The van der Waals surface area contributed by atoms with Gasteiger partial charge in [-0.3, -0.25) is 0 Å². The Hall–Kier alpha value is -1.92. The zero-order valence-corrected chi connectivity index (χ0v) is 11.0. The monoisotopic (exact) mass is 262 g/mol. The molecule has 0 unspecified atom stereocenters. The molecule has 1 aromatic heterocycles. The predicted octanol–water partition coefficient (Wildman–Crippen LogP) is 1.28. The minimum Gasteiger partial charge on any atom is -0.496 e. The normalized spacial score (nSPS) is 10.1. The molecule has 2 aromatic rings. The van der Waals surface area contributed by atoms with Gasteiger partial charge in [-0.25, -0.2) is 10.1 Å². The van der Waals surface area contributed by atoms with Crippen LogP contribution in [0.15, 0.2) is 36.7 Å². The summed E-state index contributed by atoms with van der Waals surface area (Å²) in [5.41, 5.74) is 7.42. The van der Waals surface area contributed by atoms with Crippen LogP contribution in [0.1, 0.15) is 5.56 Å². The Balaban J connectivity index is 2.37. The van der Waals surface area contributed by atoms with Crippen molar-refractivity contribution in [2.75, 3.05) is 14.2 Å². The molecular formula is C12H14N4OS. The Morgan fingerprint density at radius 3 is 2.89 bits per heavy atom. The molecule has 2 rings (SSSR count). The van der Waals surface area contributed by atoms with E-state index in [1.165, 1.54) is 0 Å². The van der Waals surface area contributed by atoms with Gasteiger partial charge in [0, 0.05) is 25.5 Å². The van der Waals surface area contributed by atoms with Crippen molar-refractivity contribution < 1.29 is 4.74 Å². The van der Waals surface area contributed by atoms with Gasteiger partial charge in [-0.05, 0) is 18.2 Å². The first-order valence-corrected chi connectivity index (χ1v) is 5.82. The maximum Gasteiger partial charge on any atom is 0.131 e. The average Bonchev–Trinajstić information content (AvgIpc) is 2.92. The maximum absolute atomic E-state index is 5.36. The van der Waals surface area contributed by atoms with Crippen LogP contribution in [-0.2, 0) is 0 Å². The lowest BCUT2D eigenvalue weighted by atomic mass is 10.2. The molecule has 18 heavy (non-hydrogen) atoms. The Bertz CT molecular complexity index is 539. The molecule has 0 amide bonds. The number of nitrogens with zero attached hydrogens (tertiary/aromatic N) is 2. The smallest absolute Gasteiger partial charge is 0.131 e. The number of nitrogens with one attached hydrogen (secondary N) is 2. The van der Waals surface area contributed by atoms with Gasteiger partial charge in [0.05, 0.1) is 18.4 Å². The molecule has 0 atom stereocenters. The SMILES string of the molecule is CNNC(=S)c1ccc(-n2cccn2)cc1OC. The van der Waals surface area contributed by atoms with Crippen molar-refractivity contribution in [3.8, 4) is 11.4 Å². The van der Waals surface area contributed by atoms with Gasteiger partial charge in [0.15, 0.2) is 0 Å². The van der Waals surface area contributed by atoms with Gasteiger partial charge in [-0.1, -0.05) is 12.2 Å². The van der Waals surface area contributed by atoms with Crippen LogP contribution in [0.4, 0.5) is 0 Å². The van der Waals surface area contributed by atoms with E-state index in [0.29, 0.717) is 10.7 Å². The summed E-state index contributed by atoms with van der Waals surface area (Å²) in [6.07, 6.45) is 3.60. The molecule has 0 spiro atoms. The second-order valence-corrected chi connectivity index (χ2v) is 3.95. The van der Waals surface area contributed by atoms with Gasteiger partial charge < -0.3 is 10.2 Å². The third kappa shape index (κ3) is 2.49. The molecule has 2 N–H and O–H groups in total. The summed E-state index contributed by atoms with van der Waals surface area (Å²) in [4.78, 5) is 0.585. The molecule has 0 saturated carbocycles. The summed E-state index contributed by atoms with van der Waals surface area (Å²) in [6, 6.07) is 7.61. The first-order chi connectivity index (χ1) is 8.76. The summed E-state index contributed by atoms with van der Waals surface area (Å²) < 4.78 is 7.12. The number of hydrogen-bond donors (Lipinski definition) is 2. The number of aromatic nitrogens is 2. The molecule has 5 nitrogen and oxygen atoms in total. The largest absolute Gasteiger partial charge is 0.496 e. The van der Waals surface area contributed by atoms with Crippen LogP contribution >= 0.6 is 12.2 Å². The van der Waals surface area contributed by atoms with E-state index in [4.69, 9.17) is 17.0 Å². The van der Waals surface area contributed by atoms with E-state index in [2.05, 4.69) is 16.0 Å². The van der Waals surface area contributed by atoms with E-state index in [0.717, 1.165) is 11.3 Å². The molecule has 0 radical (unpaired) electrons. The molecule has 1 heterocycles. The van der Waals surface area contributed by atoms with Crippen LogP contribution in [0.3, 0.4) is 0 Å². The quantitative estimate of drug-likeness (QED) is 0.642. The van der Waals surface area contributed by atoms with Gasteiger partial charge in [-0.15, -0.1) is 0 Å². The number of hydrazine groups is 1. The third-order valence-electron chi connectivity index (χ3n) is 2.44. The first-order valence-electron chi connectivity index (χ1n) is 5.41. The highest BCUT2D eigenvalue weighted by atomic mass is 32.1. The third-order valence-corrected chi connectivity index (χ3v) is 2.76. The summed E-state index contributed by atoms with van der Waals surface area (Å²) in [7, 11) is 3.38. The summed E-state index contributed by atoms with van der Waals surface area (Å²) >= 11 is 5.24. The minimum atomic E-state index is 0.585. The van der Waals surface area contributed by atoms with E-state index >= 15 is 0 Å².